The van der Waals surface area contributed by atoms with Crippen molar-refractivity contribution in [3.63, 3.8) is 0 Å². The first-order valence-corrected chi connectivity index (χ1v) is 10.4. The van der Waals surface area contributed by atoms with Crippen LogP contribution in [0.4, 0.5) is 0 Å². The first-order chi connectivity index (χ1) is 14.2. The molecule has 1 aliphatic heterocycles. The molecular weight excluding hydrogens is 433 g/mol. The van der Waals surface area contributed by atoms with Crippen molar-refractivity contribution in [1.82, 2.24) is 19.8 Å². The molecule has 168 valence electrons. The zero-order chi connectivity index (χ0) is 20.2. The number of piperazine rings is 1. The molecule has 2 heterocycles. The lowest BCUT2D eigenvalue weighted by Crippen LogP contribution is -2.45. The molecule has 1 aliphatic rings. The van der Waals surface area contributed by atoms with E-state index in [4.69, 9.17) is 0 Å². The summed E-state index contributed by atoms with van der Waals surface area (Å²) in [5, 5.41) is 6.63. The van der Waals surface area contributed by atoms with Gasteiger partial charge in [0, 0.05) is 67.5 Å². The number of benzene rings is 2. The molecule has 1 saturated heterocycles. The van der Waals surface area contributed by atoms with Crippen LogP contribution >= 0.6 is 24.8 Å². The molecule has 1 fully saturated rings. The normalized spacial score (nSPS) is 15.2. The number of nitrogens with zero attached hydrogens (tertiary/aromatic N) is 4. The fourth-order valence-electron chi connectivity index (χ4n) is 4.06. The maximum Gasteiger partial charge on any atom is 0.241 e. The van der Waals surface area contributed by atoms with Gasteiger partial charge in [-0.2, -0.15) is 5.10 Å². The average Bonchev–Trinajstić information content (AvgIpc) is 3.06. The molecule has 0 unspecified atom stereocenters. The van der Waals surface area contributed by atoms with Gasteiger partial charge in [-0.3, -0.25) is 4.79 Å². The number of aryl methyl sites for hydroxylation is 1. The molecule has 2 aromatic carbocycles. The monoisotopic (exact) mass is 463 g/mol. The molecule has 0 bridgehead atoms. The number of hydrogen-bond donors (Lipinski definition) is 1. The van der Waals surface area contributed by atoms with Crippen LogP contribution in [0.2, 0.25) is 0 Å². The number of likely N-dealkylation sites (N-methyl/N-ethyl adjacent to an activating group) is 1. The summed E-state index contributed by atoms with van der Waals surface area (Å²) in [4.78, 5) is 16.8. The van der Waals surface area contributed by atoms with Gasteiger partial charge in [0.05, 0.1) is 6.21 Å². The summed E-state index contributed by atoms with van der Waals surface area (Å²) in [5.41, 5.74) is 6.12. The Balaban J connectivity index is 0.00000171. The van der Waals surface area contributed by atoms with Crippen LogP contribution in [-0.2, 0) is 11.3 Å². The van der Waals surface area contributed by atoms with Crippen molar-refractivity contribution in [2.24, 2.45) is 5.10 Å². The van der Waals surface area contributed by atoms with E-state index in [-0.39, 0.29) is 30.7 Å². The molecule has 1 aromatic heterocycles. The summed E-state index contributed by atoms with van der Waals surface area (Å²) in [6.45, 7) is 8.07. The molecule has 0 spiro atoms. The number of amides is 1. The molecule has 1 amide bonds. The van der Waals surface area contributed by atoms with Crippen molar-refractivity contribution in [3.05, 3.63) is 48.0 Å². The van der Waals surface area contributed by atoms with Crippen LogP contribution in [0.15, 0.2) is 47.6 Å². The number of nitrogens with one attached hydrogen (secondary N) is 1. The fraction of sp³-hybridized carbons (Fsp3) is 0.391. The van der Waals surface area contributed by atoms with E-state index >= 15 is 0 Å². The van der Waals surface area contributed by atoms with Crippen LogP contribution in [0.3, 0.4) is 0 Å². The summed E-state index contributed by atoms with van der Waals surface area (Å²) in [5.74, 6) is -0.0381. The van der Waals surface area contributed by atoms with Gasteiger partial charge in [0.1, 0.15) is 0 Å². The molecule has 0 aliphatic carbocycles. The number of hydrogen-bond acceptors (Lipinski definition) is 4. The van der Waals surface area contributed by atoms with Crippen molar-refractivity contribution in [1.29, 1.82) is 0 Å². The van der Waals surface area contributed by atoms with Crippen LogP contribution in [-0.4, -0.2) is 66.3 Å². The Morgan fingerprint density at radius 3 is 2.48 bits per heavy atom. The average molecular weight is 464 g/mol. The largest absolute Gasteiger partial charge is 0.341 e. The van der Waals surface area contributed by atoms with Crippen LogP contribution in [0.1, 0.15) is 18.9 Å². The van der Waals surface area contributed by atoms with Gasteiger partial charge in [-0.05, 0) is 37.7 Å². The number of para-hydroxylation sites is 1. The first-order valence-electron chi connectivity index (χ1n) is 10.4. The standard InChI is InChI=1S/C23H29N5O.2ClH/c1-3-28-21-7-5-4-6-19(21)20-16-18(8-9-22(20)28)17-24-25-23(29)10-11-27-14-12-26(2)13-15-27;;/h4-9,16-17H,3,10-15H2,1-2H3,(H,25,29);2*1H. The number of hydrazone groups is 1. The Morgan fingerprint density at radius 2 is 1.74 bits per heavy atom. The van der Waals surface area contributed by atoms with E-state index in [2.05, 4.69) is 75.3 Å². The summed E-state index contributed by atoms with van der Waals surface area (Å²) in [6.07, 6.45) is 2.20. The minimum absolute atomic E-state index is 0. The predicted molar refractivity (Wildman–Crippen MR) is 134 cm³/mol. The lowest BCUT2D eigenvalue weighted by atomic mass is 10.1. The molecule has 6 nitrogen and oxygen atoms in total. The number of carbonyl (C=O) groups is 1. The van der Waals surface area contributed by atoms with Gasteiger partial charge in [-0.1, -0.05) is 24.3 Å². The smallest absolute Gasteiger partial charge is 0.241 e. The maximum atomic E-state index is 12.1. The second-order valence-corrected chi connectivity index (χ2v) is 7.73. The highest BCUT2D eigenvalue weighted by Crippen LogP contribution is 2.29. The SMILES string of the molecule is CCn1c2ccccc2c2cc(C=NNC(=O)CCN3CCN(C)CC3)ccc21.Cl.Cl. The summed E-state index contributed by atoms with van der Waals surface area (Å²) in [7, 11) is 2.14. The molecule has 8 heteroatoms. The molecule has 0 atom stereocenters. The Hall–Kier alpha value is -2.12. The van der Waals surface area contributed by atoms with Crippen LogP contribution < -0.4 is 5.43 Å². The van der Waals surface area contributed by atoms with Crippen molar-refractivity contribution < 1.29 is 4.79 Å². The zero-order valence-corrected chi connectivity index (χ0v) is 19.7. The lowest BCUT2D eigenvalue weighted by Gasteiger charge is -2.32. The maximum absolute atomic E-state index is 12.1. The third-order valence-electron chi connectivity index (χ3n) is 5.77. The van der Waals surface area contributed by atoms with Crippen molar-refractivity contribution in [2.45, 2.75) is 19.9 Å². The van der Waals surface area contributed by atoms with Crippen LogP contribution in [0.25, 0.3) is 21.8 Å². The Morgan fingerprint density at radius 1 is 1.03 bits per heavy atom. The molecule has 0 radical (unpaired) electrons. The van der Waals surface area contributed by atoms with Crippen molar-refractivity contribution in [3.8, 4) is 0 Å². The highest BCUT2D eigenvalue weighted by molar-refractivity contribution is 6.09. The topological polar surface area (TPSA) is 52.9 Å². The number of aromatic nitrogens is 1. The first kappa shape index (κ1) is 25.1. The summed E-state index contributed by atoms with van der Waals surface area (Å²) < 4.78 is 2.33. The molecule has 0 saturated carbocycles. The number of fused-ring (bicyclic) bond motifs is 3. The van der Waals surface area contributed by atoms with Gasteiger partial charge in [0.25, 0.3) is 0 Å². The van der Waals surface area contributed by atoms with E-state index in [1.165, 1.54) is 21.8 Å². The van der Waals surface area contributed by atoms with Crippen molar-refractivity contribution in [2.75, 3.05) is 39.8 Å². The van der Waals surface area contributed by atoms with E-state index in [1.807, 2.05) is 6.07 Å². The second kappa shape index (κ2) is 11.5. The van der Waals surface area contributed by atoms with E-state index in [0.29, 0.717) is 6.42 Å². The number of carbonyl (C=O) groups excluding carboxylic acids is 1. The third kappa shape index (κ3) is 5.77. The van der Waals surface area contributed by atoms with E-state index in [1.54, 1.807) is 6.21 Å². The van der Waals surface area contributed by atoms with Gasteiger partial charge in [-0.25, -0.2) is 5.43 Å². The van der Waals surface area contributed by atoms with Gasteiger partial charge in [0.15, 0.2) is 0 Å². The van der Waals surface area contributed by atoms with Crippen molar-refractivity contribution >= 4 is 58.7 Å². The molecule has 4 rings (SSSR count). The Bertz CT molecular complexity index is 1040. The molecular formula is C23H31Cl2N5O. The van der Waals surface area contributed by atoms with Crippen LogP contribution in [0.5, 0.6) is 0 Å². The lowest BCUT2D eigenvalue weighted by molar-refractivity contribution is -0.121. The predicted octanol–water partition coefficient (Wildman–Crippen LogP) is 3.75. The minimum Gasteiger partial charge on any atom is -0.341 e. The highest BCUT2D eigenvalue weighted by Gasteiger charge is 2.14. The molecule has 1 N–H and O–H groups in total. The quantitative estimate of drug-likeness (QED) is 0.447. The highest BCUT2D eigenvalue weighted by atomic mass is 35.5. The van der Waals surface area contributed by atoms with Gasteiger partial charge in [-0.15, -0.1) is 24.8 Å². The van der Waals surface area contributed by atoms with E-state index in [0.717, 1.165) is 44.8 Å². The van der Waals surface area contributed by atoms with E-state index in [9.17, 15) is 4.79 Å². The summed E-state index contributed by atoms with van der Waals surface area (Å²) in [6, 6.07) is 14.8. The van der Waals surface area contributed by atoms with Gasteiger partial charge < -0.3 is 14.4 Å². The number of rotatable bonds is 6. The third-order valence-corrected chi connectivity index (χ3v) is 5.77. The Kier molecular flexibility index (Phi) is 9.32. The second-order valence-electron chi connectivity index (χ2n) is 7.73. The zero-order valence-electron chi connectivity index (χ0n) is 18.1. The Labute approximate surface area is 196 Å². The minimum atomic E-state index is -0.0381. The molecule has 3 aromatic rings. The van der Waals surface area contributed by atoms with Gasteiger partial charge >= 0.3 is 0 Å². The molecule has 31 heavy (non-hydrogen) atoms. The fourth-order valence-corrected chi connectivity index (χ4v) is 4.06. The number of halogens is 2. The van der Waals surface area contributed by atoms with E-state index < -0.39 is 0 Å². The van der Waals surface area contributed by atoms with Gasteiger partial charge in [0.2, 0.25) is 5.91 Å². The summed E-state index contributed by atoms with van der Waals surface area (Å²) >= 11 is 0. The van der Waals surface area contributed by atoms with Crippen LogP contribution in [0, 0.1) is 0 Å².